The molecule has 9 nitrogen and oxygen atoms in total. The van der Waals surface area contributed by atoms with Crippen LogP contribution < -0.4 is 11.1 Å². The molecule has 2 unspecified atom stereocenters. The Morgan fingerprint density at radius 3 is 3.04 bits per heavy atom. The van der Waals surface area contributed by atoms with Gasteiger partial charge in [-0.2, -0.15) is 5.10 Å². The van der Waals surface area contributed by atoms with Gasteiger partial charge in [0.2, 0.25) is 5.91 Å². The lowest BCUT2D eigenvalue weighted by Crippen LogP contribution is -2.39. The van der Waals surface area contributed by atoms with Gasteiger partial charge in [0.15, 0.2) is 0 Å². The number of amides is 1. The molecule has 9 heteroatoms. The molecule has 4 heterocycles. The van der Waals surface area contributed by atoms with Gasteiger partial charge < -0.3 is 16.0 Å². The normalized spacial score (nSPS) is 22.9. The van der Waals surface area contributed by atoms with Crippen molar-refractivity contribution in [3.63, 3.8) is 0 Å². The summed E-state index contributed by atoms with van der Waals surface area (Å²) >= 11 is 0. The largest absolute Gasteiger partial charge is 0.400 e. The van der Waals surface area contributed by atoms with E-state index in [1.54, 1.807) is 11.1 Å². The highest BCUT2D eigenvalue weighted by molar-refractivity contribution is 5.81. The number of aromatic amines is 1. The highest BCUT2D eigenvalue weighted by atomic mass is 16.6. The van der Waals surface area contributed by atoms with Gasteiger partial charge in [0, 0.05) is 42.9 Å². The Balaban J connectivity index is 1.64. The maximum Gasteiger partial charge on any atom is 0.222 e. The second-order valence-corrected chi connectivity index (χ2v) is 7.11. The Morgan fingerprint density at radius 1 is 1.30 bits per heavy atom. The number of fused-ring (bicyclic) bond motifs is 2. The average molecular weight is 365 g/mol. The topological polar surface area (TPSA) is 126 Å². The standard InChI is InChI=1S/C18H19N7O2/c1-25-6-5-9(7-13(25)26)16-15(19)14(11-8-20-22-18(11)21-16)10-3-2-4-12-17(10)24-27-23-12/h2-4,8-9,14H,5-7,19H2,1H3,(H2,20,21,22). The third-order valence-electron chi connectivity index (χ3n) is 5.56. The first-order chi connectivity index (χ1) is 13.1. The van der Waals surface area contributed by atoms with Crippen molar-refractivity contribution in [3.05, 3.63) is 46.9 Å². The lowest BCUT2D eigenvalue weighted by atomic mass is 9.81. The van der Waals surface area contributed by atoms with E-state index in [0.29, 0.717) is 29.7 Å². The van der Waals surface area contributed by atoms with Crippen molar-refractivity contribution in [1.82, 2.24) is 25.4 Å². The van der Waals surface area contributed by atoms with Crippen LogP contribution in [-0.4, -0.2) is 44.9 Å². The second-order valence-electron chi connectivity index (χ2n) is 7.11. The highest BCUT2D eigenvalue weighted by Crippen LogP contribution is 2.43. The van der Waals surface area contributed by atoms with Crippen molar-refractivity contribution >= 4 is 22.8 Å². The molecular formula is C18H19N7O2. The number of nitrogens with one attached hydrogen (secondary N) is 2. The van der Waals surface area contributed by atoms with E-state index in [-0.39, 0.29) is 17.7 Å². The number of anilines is 1. The summed E-state index contributed by atoms with van der Waals surface area (Å²) in [6.07, 6.45) is 3.06. The Kier molecular flexibility index (Phi) is 3.43. The van der Waals surface area contributed by atoms with Crippen molar-refractivity contribution in [2.24, 2.45) is 11.7 Å². The zero-order valence-corrected chi connectivity index (χ0v) is 14.8. The predicted molar refractivity (Wildman–Crippen MR) is 97.4 cm³/mol. The quantitative estimate of drug-likeness (QED) is 0.629. The average Bonchev–Trinajstić information content (AvgIpc) is 3.32. The number of likely N-dealkylation sites (tertiary alicyclic amines) is 1. The molecule has 4 N–H and O–H groups in total. The van der Waals surface area contributed by atoms with Gasteiger partial charge >= 0.3 is 0 Å². The van der Waals surface area contributed by atoms with E-state index in [0.717, 1.165) is 29.1 Å². The molecule has 1 saturated heterocycles. The van der Waals surface area contributed by atoms with E-state index in [4.69, 9.17) is 10.4 Å². The van der Waals surface area contributed by atoms with Crippen molar-refractivity contribution in [3.8, 4) is 0 Å². The van der Waals surface area contributed by atoms with E-state index < -0.39 is 0 Å². The number of allylic oxidation sites excluding steroid dienone is 2. The van der Waals surface area contributed by atoms with Crippen LogP contribution in [0.4, 0.5) is 5.82 Å². The fourth-order valence-electron chi connectivity index (χ4n) is 4.07. The number of rotatable bonds is 2. The van der Waals surface area contributed by atoms with Crippen LogP contribution in [0.1, 0.15) is 29.9 Å². The number of nitrogens with zero attached hydrogens (tertiary/aromatic N) is 4. The van der Waals surface area contributed by atoms with Crippen LogP contribution in [0.3, 0.4) is 0 Å². The third-order valence-corrected chi connectivity index (χ3v) is 5.56. The second kappa shape index (κ2) is 5.83. The van der Waals surface area contributed by atoms with Crippen LogP contribution in [0.5, 0.6) is 0 Å². The van der Waals surface area contributed by atoms with Crippen molar-refractivity contribution in [2.45, 2.75) is 18.8 Å². The monoisotopic (exact) mass is 365 g/mol. The van der Waals surface area contributed by atoms with Crippen LogP contribution in [0.15, 0.2) is 40.4 Å². The number of H-pyrrole nitrogens is 1. The van der Waals surface area contributed by atoms with Gasteiger partial charge in [-0.3, -0.25) is 9.89 Å². The number of carbonyl (C=O) groups excluding carboxylic acids is 1. The number of piperidine rings is 1. The molecule has 0 bridgehead atoms. The Bertz CT molecular complexity index is 1070. The molecule has 1 amide bonds. The first-order valence-corrected chi connectivity index (χ1v) is 8.88. The zero-order chi connectivity index (χ0) is 18.5. The highest BCUT2D eigenvalue weighted by Gasteiger charge is 2.36. The molecule has 2 aromatic heterocycles. The summed E-state index contributed by atoms with van der Waals surface area (Å²) in [5, 5.41) is 18.6. The number of benzene rings is 1. The van der Waals surface area contributed by atoms with Crippen LogP contribution in [0.25, 0.3) is 11.0 Å². The Labute approximate surface area is 154 Å². The fourth-order valence-corrected chi connectivity index (χ4v) is 4.07. The lowest BCUT2D eigenvalue weighted by Gasteiger charge is -2.35. The minimum Gasteiger partial charge on any atom is -0.400 e. The molecule has 2 atom stereocenters. The maximum absolute atomic E-state index is 12.2. The molecule has 0 radical (unpaired) electrons. The molecule has 2 aliphatic rings. The molecule has 0 saturated carbocycles. The molecule has 0 spiro atoms. The fraction of sp³-hybridized carbons (Fsp3) is 0.333. The molecule has 0 aliphatic carbocycles. The molecular weight excluding hydrogens is 346 g/mol. The van der Waals surface area contributed by atoms with Gasteiger partial charge in [0.05, 0.1) is 12.1 Å². The summed E-state index contributed by atoms with van der Waals surface area (Å²) in [5.74, 6) is 0.731. The summed E-state index contributed by atoms with van der Waals surface area (Å²) in [7, 11) is 1.83. The summed E-state index contributed by atoms with van der Waals surface area (Å²) in [6.45, 7) is 0.714. The van der Waals surface area contributed by atoms with Crippen molar-refractivity contribution in [2.75, 3.05) is 18.9 Å². The number of carbonyl (C=O) groups is 1. The van der Waals surface area contributed by atoms with E-state index in [9.17, 15) is 4.79 Å². The first kappa shape index (κ1) is 15.9. The number of nitrogens with two attached hydrogens (primary N) is 1. The van der Waals surface area contributed by atoms with Gasteiger partial charge in [-0.15, -0.1) is 0 Å². The van der Waals surface area contributed by atoms with Gasteiger partial charge in [-0.05, 0) is 28.4 Å². The number of hydrogen-bond donors (Lipinski definition) is 3. The molecule has 1 fully saturated rings. The minimum atomic E-state index is -0.236. The van der Waals surface area contributed by atoms with Crippen LogP contribution >= 0.6 is 0 Å². The number of aromatic nitrogens is 4. The zero-order valence-electron chi connectivity index (χ0n) is 14.8. The Hall–Kier alpha value is -3.36. The molecule has 27 heavy (non-hydrogen) atoms. The van der Waals surface area contributed by atoms with Crippen LogP contribution in [-0.2, 0) is 4.79 Å². The van der Waals surface area contributed by atoms with E-state index in [2.05, 4.69) is 25.8 Å². The van der Waals surface area contributed by atoms with E-state index >= 15 is 0 Å². The molecule has 5 rings (SSSR count). The molecule has 3 aromatic rings. The predicted octanol–water partition coefficient (Wildman–Crippen LogP) is 1.54. The SMILES string of the molecule is CN1CCC(C2=C(N)C(c3cccc4nonc34)c3cn[nH]c3N2)CC1=O. The third kappa shape index (κ3) is 2.38. The van der Waals surface area contributed by atoms with Crippen molar-refractivity contribution in [1.29, 1.82) is 0 Å². The van der Waals surface area contributed by atoms with E-state index in [1.807, 2.05) is 25.2 Å². The van der Waals surface area contributed by atoms with Gasteiger partial charge in [0.1, 0.15) is 16.9 Å². The van der Waals surface area contributed by atoms with Gasteiger partial charge in [0.25, 0.3) is 0 Å². The lowest BCUT2D eigenvalue weighted by molar-refractivity contribution is -0.132. The van der Waals surface area contributed by atoms with Crippen LogP contribution in [0.2, 0.25) is 0 Å². The summed E-state index contributed by atoms with van der Waals surface area (Å²) in [5.41, 5.74) is 11.4. The smallest absolute Gasteiger partial charge is 0.222 e. The first-order valence-electron chi connectivity index (χ1n) is 8.88. The summed E-state index contributed by atoms with van der Waals surface area (Å²) in [6, 6.07) is 5.74. The summed E-state index contributed by atoms with van der Waals surface area (Å²) < 4.78 is 4.92. The molecule has 2 aliphatic heterocycles. The minimum absolute atomic E-state index is 0.0438. The van der Waals surface area contributed by atoms with Crippen LogP contribution in [0, 0.1) is 5.92 Å². The van der Waals surface area contributed by atoms with Gasteiger partial charge in [-0.25, -0.2) is 4.63 Å². The Morgan fingerprint density at radius 2 is 2.19 bits per heavy atom. The molecule has 1 aromatic carbocycles. The van der Waals surface area contributed by atoms with Gasteiger partial charge in [-0.1, -0.05) is 12.1 Å². The molecule has 138 valence electrons. The maximum atomic E-state index is 12.2. The van der Waals surface area contributed by atoms with E-state index in [1.165, 1.54) is 0 Å². The van der Waals surface area contributed by atoms with Crippen molar-refractivity contribution < 1.29 is 9.42 Å². The summed E-state index contributed by atoms with van der Waals surface area (Å²) in [4.78, 5) is 14.0. The number of hydrogen-bond acceptors (Lipinski definition) is 7.